The summed E-state index contributed by atoms with van der Waals surface area (Å²) in [5.41, 5.74) is -1.78. The molecule has 0 unspecified atom stereocenters. The number of likely N-dealkylation sites (tertiary alicyclic amines) is 1. The van der Waals surface area contributed by atoms with Crippen molar-refractivity contribution in [2.24, 2.45) is 11.3 Å². The number of hydrogen-bond acceptors (Lipinski definition) is 6. The van der Waals surface area contributed by atoms with E-state index < -0.39 is 28.7 Å². The third-order valence-electron chi connectivity index (χ3n) is 7.12. The molecule has 0 aromatic rings. The zero-order valence-electron chi connectivity index (χ0n) is 14.5. The van der Waals surface area contributed by atoms with Gasteiger partial charge in [0.1, 0.15) is 6.10 Å². The van der Waals surface area contributed by atoms with Crippen LogP contribution in [0.15, 0.2) is 35.1 Å². The summed E-state index contributed by atoms with van der Waals surface area (Å²) in [7, 11) is 0. The highest BCUT2D eigenvalue weighted by Gasteiger charge is 2.69. The summed E-state index contributed by atoms with van der Waals surface area (Å²) < 4.78 is 0. The number of rotatable bonds is 2. The maximum Gasteiger partial charge on any atom is 0.220 e. The number of allylic oxidation sites excluding steroid dienone is 3. The molecule has 1 aliphatic heterocycles. The molecule has 4 aliphatic carbocycles. The van der Waals surface area contributed by atoms with Crippen LogP contribution in [-0.2, 0) is 9.59 Å². The molecule has 3 N–H and O–H groups in total. The fraction of sp³-hybridized carbons (Fsp3) is 0.600. The smallest absolute Gasteiger partial charge is 0.220 e. The monoisotopic (exact) mass is 357 g/mol. The zero-order chi connectivity index (χ0) is 18.3. The molecule has 0 amide bonds. The molecule has 1 saturated heterocycles. The van der Waals surface area contributed by atoms with Crippen LogP contribution >= 0.6 is 0 Å². The second-order valence-corrected chi connectivity index (χ2v) is 8.44. The Bertz CT molecular complexity index is 807. The van der Waals surface area contributed by atoms with Crippen LogP contribution in [0.5, 0.6) is 0 Å². The predicted octanol–water partition coefficient (Wildman–Crippen LogP) is 0.803. The van der Waals surface area contributed by atoms with Crippen molar-refractivity contribution in [1.29, 1.82) is 0 Å². The zero-order valence-corrected chi connectivity index (χ0v) is 14.5. The van der Waals surface area contributed by atoms with Gasteiger partial charge in [0.2, 0.25) is 5.78 Å². The second-order valence-electron chi connectivity index (χ2n) is 8.44. The summed E-state index contributed by atoms with van der Waals surface area (Å²) in [4.78, 5) is 26.8. The minimum Gasteiger partial charge on any atom is -0.504 e. The normalized spacial score (nSPS) is 42.5. The van der Waals surface area contributed by atoms with Gasteiger partial charge in [-0.05, 0) is 49.8 Å². The van der Waals surface area contributed by atoms with Crippen molar-refractivity contribution < 1.29 is 24.9 Å². The topological polar surface area (TPSA) is 98.1 Å². The molecule has 5 rings (SSSR count). The van der Waals surface area contributed by atoms with Crippen molar-refractivity contribution >= 4 is 11.6 Å². The number of carbonyl (C=O) groups is 2. The molecule has 0 aromatic heterocycles. The van der Waals surface area contributed by atoms with Crippen LogP contribution in [-0.4, -0.2) is 62.6 Å². The minimum atomic E-state index is -1.41. The van der Waals surface area contributed by atoms with E-state index in [9.17, 15) is 24.9 Å². The highest BCUT2D eigenvalue weighted by atomic mass is 16.3. The standard InChI is InChI=1S/C20H23NO5/c22-13-4-3-12-9-15-20(26)6-5-14(23)18(25)19(20,16(12)17(13)24)7-8-21(15)10-11-1-2-11/h3-4,9,11,15,18,24-26H,1-2,5-8,10H2/t15-,18+,19+,20-/m1/s1. The number of hydrogen-bond donors (Lipinski definition) is 3. The van der Waals surface area contributed by atoms with Crippen molar-refractivity contribution in [1.82, 2.24) is 4.90 Å². The van der Waals surface area contributed by atoms with Gasteiger partial charge < -0.3 is 15.3 Å². The number of aliphatic hydroxyl groups excluding tert-OH is 2. The van der Waals surface area contributed by atoms with Crippen molar-refractivity contribution in [2.45, 2.75) is 49.9 Å². The minimum absolute atomic E-state index is 0.105. The molecule has 0 spiro atoms. The molecule has 4 atom stereocenters. The van der Waals surface area contributed by atoms with Crippen LogP contribution in [0.4, 0.5) is 0 Å². The summed E-state index contributed by atoms with van der Waals surface area (Å²) in [5.74, 6) is -0.668. The molecule has 2 saturated carbocycles. The summed E-state index contributed by atoms with van der Waals surface area (Å²) in [6.45, 7) is 1.51. The average Bonchev–Trinajstić information content (AvgIpc) is 3.42. The van der Waals surface area contributed by atoms with Crippen molar-refractivity contribution in [3.05, 3.63) is 35.1 Å². The second kappa shape index (κ2) is 5.15. The highest BCUT2D eigenvalue weighted by molar-refractivity contribution is 6.06. The quantitative estimate of drug-likeness (QED) is 0.676. The van der Waals surface area contributed by atoms with Crippen molar-refractivity contribution in [3.63, 3.8) is 0 Å². The van der Waals surface area contributed by atoms with Crippen LogP contribution in [0.25, 0.3) is 0 Å². The Labute approximate surface area is 151 Å². The van der Waals surface area contributed by atoms with Gasteiger partial charge in [-0.1, -0.05) is 12.2 Å². The largest absolute Gasteiger partial charge is 0.504 e. The van der Waals surface area contributed by atoms with Gasteiger partial charge in [-0.2, -0.15) is 0 Å². The third kappa shape index (κ3) is 1.87. The lowest BCUT2D eigenvalue weighted by molar-refractivity contribution is -0.208. The Morgan fingerprint density at radius 2 is 1.96 bits per heavy atom. The predicted molar refractivity (Wildman–Crippen MR) is 92.2 cm³/mol. The van der Waals surface area contributed by atoms with Crippen molar-refractivity contribution in [2.75, 3.05) is 13.1 Å². The first kappa shape index (κ1) is 16.4. The van der Waals surface area contributed by atoms with Gasteiger partial charge in [0, 0.05) is 18.5 Å². The number of fused-ring (bicyclic) bond motifs is 1. The van der Waals surface area contributed by atoms with Crippen LogP contribution in [0.3, 0.4) is 0 Å². The fourth-order valence-corrected chi connectivity index (χ4v) is 5.63. The lowest BCUT2D eigenvalue weighted by Gasteiger charge is -2.64. The Kier molecular flexibility index (Phi) is 3.25. The Hall–Kier alpha value is -1.76. The SMILES string of the molecule is O=C1C=CC2=C[C@H]3N(CC4CC4)CC[C@]4(C2=C1O)[C@@H](O)C(=O)CC[C@@]34O. The summed E-state index contributed by atoms with van der Waals surface area (Å²) in [5, 5.41) is 33.3. The van der Waals surface area contributed by atoms with E-state index in [0.717, 1.165) is 6.54 Å². The number of piperidine rings is 1. The maximum atomic E-state index is 12.4. The van der Waals surface area contributed by atoms with Gasteiger partial charge in [0.25, 0.3) is 0 Å². The number of Topliss-reactive ketones (excluding diaryl/α,β-unsaturated/α-hetero) is 1. The molecule has 2 bridgehead atoms. The lowest BCUT2D eigenvalue weighted by atomic mass is 9.47. The van der Waals surface area contributed by atoms with E-state index in [1.807, 2.05) is 6.08 Å². The first-order chi connectivity index (χ1) is 12.4. The average molecular weight is 357 g/mol. The van der Waals surface area contributed by atoms with E-state index in [-0.39, 0.29) is 30.2 Å². The van der Waals surface area contributed by atoms with E-state index in [4.69, 9.17) is 0 Å². The number of ketones is 2. The fourth-order valence-electron chi connectivity index (χ4n) is 5.63. The third-order valence-corrected chi connectivity index (χ3v) is 7.12. The van der Waals surface area contributed by atoms with Gasteiger partial charge in [-0.15, -0.1) is 0 Å². The molecular formula is C20H23NO5. The van der Waals surface area contributed by atoms with Crippen LogP contribution in [0, 0.1) is 11.3 Å². The van der Waals surface area contributed by atoms with E-state index in [0.29, 0.717) is 24.5 Å². The van der Waals surface area contributed by atoms with Crippen LogP contribution < -0.4 is 0 Å². The van der Waals surface area contributed by atoms with E-state index in [1.165, 1.54) is 18.9 Å². The molecule has 5 aliphatic rings. The Balaban J connectivity index is 1.73. The van der Waals surface area contributed by atoms with Crippen LogP contribution in [0.1, 0.15) is 32.1 Å². The molecule has 3 fully saturated rings. The number of aliphatic hydroxyl groups is 3. The molecule has 26 heavy (non-hydrogen) atoms. The number of nitrogens with zero attached hydrogens (tertiary/aromatic N) is 1. The van der Waals surface area contributed by atoms with Gasteiger partial charge in [-0.25, -0.2) is 0 Å². The maximum absolute atomic E-state index is 12.4. The van der Waals surface area contributed by atoms with E-state index >= 15 is 0 Å². The molecule has 138 valence electrons. The van der Waals surface area contributed by atoms with Gasteiger partial charge in [-0.3, -0.25) is 14.5 Å². The van der Waals surface area contributed by atoms with Gasteiger partial charge in [0.15, 0.2) is 11.5 Å². The Morgan fingerprint density at radius 3 is 2.69 bits per heavy atom. The van der Waals surface area contributed by atoms with Crippen molar-refractivity contribution in [3.8, 4) is 0 Å². The van der Waals surface area contributed by atoms with E-state index in [1.54, 1.807) is 6.08 Å². The van der Waals surface area contributed by atoms with Crippen LogP contribution in [0.2, 0.25) is 0 Å². The molecule has 0 aromatic carbocycles. The highest BCUT2D eigenvalue weighted by Crippen LogP contribution is 2.61. The first-order valence-corrected chi connectivity index (χ1v) is 9.44. The lowest BCUT2D eigenvalue weighted by Crippen LogP contribution is -2.75. The number of carbonyl (C=O) groups excluding carboxylic acids is 2. The molecule has 6 heteroatoms. The molecular weight excluding hydrogens is 334 g/mol. The first-order valence-electron chi connectivity index (χ1n) is 9.44. The van der Waals surface area contributed by atoms with E-state index in [2.05, 4.69) is 4.90 Å². The molecule has 1 heterocycles. The van der Waals surface area contributed by atoms with Gasteiger partial charge >= 0.3 is 0 Å². The summed E-state index contributed by atoms with van der Waals surface area (Å²) >= 11 is 0. The summed E-state index contributed by atoms with van der Waals surface area (Å²) in [6.07, 6.45) is 6.53. The Morgan fingerprint density at radius 1 is 1.19 bits per heavy atom. The molecule has 6 nitrogen and oxygen atoms in total. The molecule has 0 radical (unpaired) electrons. The summed E-state index contributed by atoms with van der Waals surface area (Å²) in [6, 6.07) is -0.330. The van der Waals surface area contributed by atoms with Gasteiger partial charge in [0.05, 0.1) is 17.1 Å².